The van der Waals surface area contributed by atoms with Gasteiger partial charge in [-0.15, -0.1) is 11.3 Å². The smallest absolute Gasteiger partial charge is 0.261 e. The quantitative estimate of drug-likeness (QED) is 0.391. The molecule has 28 heavy (non-hydrogen) atoms. The van der Waals surface area contributed by atoms with Crippen LogP contribution in [0.15, 0.2) is 70.9 Å². The summed E-state index contributed by atoms with van der Waals surface area (Å²) in [6.45, 7) is 0. The maximum absolute atomic E-state index is 12.6. The van der Waals surface area contributed by atoms with Gasteiger partial charge in [0.25, 0.3) is 10.0 Å². The molecule has 0 aliphatic heterocycles. The number of hydrogen-bond donors (Lipinski definition) is 3. The van der Waals surface area contributed by atoms with Crippen LogP contribution in [0.2, 0.25) is 5.02 Å². The van der Waals surface area contributed by atoms with Crippen LogP contribution in [-0.2, 0) is 14.8 Å². The molecule has 3 aromatic rings. The second-order valence-electron chi connectivity index (χ2n) is 5.63. The Morgan fingerprint density at radius 1 is 1.11 bits per heavy atom. The molecule has 0 atom stereocenters. The Labute approximate surface area is 171 Å². The Morgan fingerprint density at radius 2 is 1.93 bits per heavy atom. The minimum absolute atomic E-state index is 0.0187. The number of benzene rings is 2. The van der Waals surface area contributed by atoms with Gasteiger partial charge in [-0.05, 0) is 53.9 Å². The first-order valence-corrected chi connectivity index (χ1v) is 10.7. The highest BCUT2D eigenvalue weighted by Crippen LogP contribution is 2.28. The standard InChI is InChI=1S/C19H15ClN2O4S2/c20-13-3-1-4-14(11-13)22-28(25,26)16-7-8-18(23)17(12-16)21-19(24)9-6-15-5-2-10-27-15/h1-12,22-23H,(H,21,24)/b9-6+. The summed E-state index contributed by atoms with van der Waals surface area (Å²) in [5, 5.41) is 14.7. The van der Waals surface area contributed by atoms with Gasteiger partial charge in [-0.3, -0.25) is 9.52 Å². The van der Waals surface area contributed by atoms with Gasteiger partial charge in [0.05, 0.1) is 16.3 Å². The molecule has 9 heteroatoms. The molecule has 1 amide bonds. The molecule has 1 aromatic heterocycles. The van der Waals surface area contributed by atoms with E-state index in [0.717, 1.165) is 4.88 Å². The summed E-state index contributed by atoms with van der Waals surface area (Å²) < 4.78 is 27.6. The summed E-state index contributed by atoms with van der Waals surface area (Å²) in [7, 11) is -3.94. The number of phenolic OH excluding ortho intramolecular Hbond substituents is 1. The van der Waals surface area contributed by atoms with Crippen LogP contribution >= 0.6 is 22.9 Å². The van der Waals surface area contributed by atoms with E-state index in [9.17, 15) is 18.3 Å². The van der Waals surface area contributed by atoms with Crippen molar-refractivity contribution in [3.63, 3.8) is 0 Å². The minimum atomic E-state index is -3.94. The summed E-state index contributed by atoms with van der Waals surface area (Å²) in [5.41, 5.74) is 0.278. The Kier molecular flexibility index (Phi) is 6.03. The van der Waals surface area contributed by atoms with Crippen molar-refractivity contribution in [3.05, 3.63) is 76.0 Å². The molecular weight excluding hydrogens is 420 g/mol. The third-order valence-corrected chi connectivity index (χ3v) is 6.01. The number of carbonyl (C=O) groups is 1. The minimum Gasteiger partial charge on any atom is -0.506 e. The van der Waals surface area contributed by atoms with Gasteiger partial charge in [-0.1, -0.05) is 23.7 Å². The molecule has 0 fully saturated rings. The lowest BCUT2D eigenvalue weighted by atomic mass is 10.3. The first-order chi connectivity index (χ1) is 13.3. The number of aromatic hydroxyl groups is 1. The molecule has 0 saturated heterocycles. The van der Waals surface area contributed by atoms with Gasteiger partial charge in [0.1, 0.15) is 5.75 Å². The molecule has 0 saturated carbocycles. The van der Waals surface area contributed by atoms with Crippen molar-refractivity contribution in [3.8, 4) is 5.75 Å². The van der Waals surface area contributed by atoms with E-state index in [1.807, 2.05) is 17.5 Å². The summed E-state index contributed by atoms with van der Waals surface area (Å²) >= 11 is 7.34. The number of nitrogens with one attached hydrogen (secondary N) is 2. The highest BCUT2D eigenvalue weighted by molar-refractivity contribution is 7.92. The van der Waals surface area contributed by atoms with Crippen LogP contribution in [0.3, 0.4) is 0 Å². The van der Waals surface area contributed by atoms with Crippen molar-refractivity contribution in [2.75, 3.05) is 10.0 Å². The molecule has 6 nitrogen and oxygen atoms in total. The fraction of sp³-hybridized carbons (Fsp3) is 0. The Morgan fingerprint density at radius 3 is 2.64 bits per heavy atom. The van der Waals surface area contributed by atoms with Crippen LogP contribution < -0.4 is 10.0 Å². The summed E-state index contributed by atoms with van der Waals surface area (Å²) in [6, 6.07) is 13.6. The van der Waals surface area contributed by atoms with Crippen molar-refractivity contribution in [2.45, 2.75) is 4.90 Å². The Balaban J connectivity index is 1.79. The van der Waals surface area contributed by atoms with Gasteiger partial charge >= 0.3 is 0 Å². The molecule has 1 heterocycles. The highest BCUT2D eigenvalue weighted by Gasteiger charge is 2.17. The number of amides is 1. The van der Waals surface area contributed by atoms with Gasteiger partial charge in [0.15, 0.2) is 0 Å². The average Bonchev–Trinajstić information content (AvgIpc) is 3.15. The molecule has 0 bridgehead atoms. The van der Waals surface area contributed by atoms with Crippen LogP contribution in [0.25, 0.3) is 6.08 Å². The molecule has 3 rings (SSSR count). The number of carbonyl (C=O) groups excluding carboxylic acids is 1. The fourth-order valence-corrected chi connectivity index (χ4v) is 4.15. The number of halogens is 1. The summed E-state index contributed by atoms with van der Waals surface area (Å²) in [6.07, 6.45) is 2.93. The Bertz CT molecular complexity index is 1130. The summed E-state index contributed by atoms with van der Waals surface area (Å²) in [5.74, 6) is -0.749. The van der Waals surface area contributed by atoms with E-state index >= 15 is 0 Å². The maximum Gasteiger partial charge on any atom is 0.261 e. The second-order valence-corrected chi connectivity index (χ2v) is 8.73. The zero-order valence-corrected chi connectivity index (χ0v) is 16.7. The maximum atomic E-state index is 12.6. The van der Waals surface area contributed by atoms with Crippen LogP contribution in [0.4, 0.5) is 11.4 Å². The number of phenols is 1. The van der Waals surface area contributed by atoms with Gasteiger partial charge in [0, 0.05) is 16.0 Å². The van der Waals surface area contributed by atoms with E-state index in [-0.39, 0.29) is 16.3 Å². The lowest BCUT2D eigenvalue weighted by Gasteiger charge is -2.11. The Hall–Kier alpha value is -2.81. The number of thiophene rings is 1. The van der Waals surface area contributed by atoms with Crippen molar-refractivity contribution >= 4 is 56.3 Å². The first kappa shape index (κ1) is 19.9. The second kappa shape index (κ2) is 8.47. The third-order valence-electron chi connectivity index (χ3n) is 3.56. The lowest BCUT2D eigenvalue weighted by molar-refractivity contribution is -0.111. The topological polar surface area (TPSA) is 95.5 Å². The van der Waals surface area contributed by atoms with E-state index in [0.29, 0.717) is 10.7 Å². The van der Waals surface area contributed by atoms with Crippen molar-refractivity contribution in [2.24, 2.45) is 0 Å². The van der Waals surface area contributed by atoms with Crippen molar-refractivity contribution in [1.82, 2.24) is 0 Å². The first-order valence-electron chi connectivity index (χ1n) is 7.97. The van der Waals surface area contributed by atoms with Crippen LogP contribution in [0.1, 0.15) is 4.88 Å². The SMILES string of the molecule is O=C(/C=C/c1cccs1)Nc1cc(S(=O)(=O)Nc2cccc(Cl)c2)ccc1O. The van der Waals surface area contributed by atoms with Crippen LogP contribution in [-0.4, -0.2) is 19.4 Å². The van der Waals surface area contributed by atoms with Crippen molar-refractivity contribution in [1.29, 1.82) is 0 Å². The molecule has 0 unspecified atom stereocenters. The monoisotopic (exact) mass is 434 g/mol. The van der Waals surface area contributed by atoms with E-state index in [1.54, 1.807) is 24.3 Å². The summed E-state index contributed by atoms with van der Waals surface area (Å²) in [4.78, 5) is 12.8. The van der Waals surface area contributed by atoms with Crippen LogP contribution in [0.5, 0.6) is 5.75 Å². The van der Waals surface area contributed by atoms with E-state index in [4.69, 9.17) is 11.6 Å². The molecular formula is C19H15ClN2O4S2. The molecule has 0 aliphatic carbocycles. The predicted octanol–water partition coefficient (Wildman–Crippen LogP) is 4.56. The zero-order chi connectivity index (χ0) is 20.1. The number of sulfonamides is 1. The zero-order valence-electron chi connectivity index (χ0n) is 14.3. The number of rotatable bonds is 6. The number of anilines is 2. The van der Waals surface area contributed by atoms with E-state index in [2.05, 4.69) is 10.0 Å². The fourth-order valence-electron chi connectivity index (χ4n) is 2.27. The third kappa shape index (κ3) is 5.13. The molecule has 144 valence electrons. The van der Waals surface area contributed by atoms with Gasteiger partial charge in [-0.25, -0.2) is 8.42 Å². The molecule has 0 spiro atoms. The van der Waals surface area contributed by atoms with E-state index in [1.165, 1.54) is 41.7 Å². The largest absolute Gasteiger partial charge is 0.506 e. The number of hydrogen-bond acceptors (Lipinski definition) is 5. The van der Waals surface area contributed by atoms with Gasteiger partial charge < -0.3 is 10.4 Å². The van der Waals surface area contributed by atoms with E-state index < -0.39 is 15.9 Å². The normalized spacial score (nSPS) is 11.5. The van der Waals surface area contributed by atoms with Gasteiger partial charge in [0.2, 0.25) is 5.91 Å². The average molecular weight is 435 g/mol. The van der Waals surface area contributed by atoms with Crippen molar-refractivity contribution < 1.29 is 18.3 Å². The highest BCUT2D eigenvalue weighted by atomic mass is 35.5. The molecule has 0 radical (unpaired) electrons. The molecule has 3 N–H and O–H groups in total. The molecule has 2 aromatic carbocycles. The van der Waals surface area contributed by atoms with Crippen LogP contribution in [0, 0.1) is 0 Å². The van der Waals surface area contributed by atoms with Gasteiger partial charge in [-0.2, -0.15) is 0 Å². The predicted molar refractivity (Wildman–Crippen MR) is 112 cm³/mol. The molecule has 0 aliphatic rings. The lowest BCUT2D eigenvalue weighted by Crippen LogP contribution is -2.14.